The molecular weight excluding hydrogens is 273 g/mol. The second-order valence-electron chi connectivity index (χ2n) is 5.81. The molecule has 0 radical (unpaired) electrons. The third-order valence-corrected chi connectivity index (χ3v) is 3.89. The highest BCUT2D eigenvalue weighted by Crippen LogP contribution is 2.20. The number of rotatable bonds is 5. The first-order valence-corrected chi connectivity index (χ1v) is 7.20. The largest absolute Gasteiger partial charge is 0.481 e. The van der Waals surface area contributed by atoms with Gasteiger partial charge in [0.25, 0.3) is 0 Å². The third-order valence-electron chi connectivity index (χ3n) is 3.89. The maximum absolute atomic E-state index is 13.1. The number of hydrogen-bond donors (Lipinski definition) is 1. The lowest BCUT2D eigenvalue weighted by Gasteiger charge is -2.18. The van der Waals surface area contributed by atoms with Gasteiger partial charge in [0.2, 0.25) is 5.91 Å². The number of carbonyl (C=O) groups excluding carboxylic acids is 1. The van der Waals surface area contributed by atoms with Crippen LogP contribution < -0.4 is 0 Å². The lowest BCUT2D eigenvalue weighted by atomic mass is 9.97. The molecule has 5 heteroatoms. The standard InChI is InChI=1S/C16H20FNO3/c1-11(7-12-3-2-4-14(17)9-12)8-15(19)18-6-5-13(10-18)16(20)21/h2-4,9,11,13H,5-8,10H2,1H3,(H,20,21). The van der Waals surface area contributed by atoms with Crippen LogP contribution in [0.3, 0.4) is 0 Å². The minimum Gasteiger partial charge on any atom is -0.481 e. The summed E-state index contributed by atoms with van der Waals surface area (Å²) in [6.07, 6.45) is 1.53. The first kappa shape index (κ1) is 15.5. The molecule has 0 spiro atoms. The van der Waals surface area contributed by atoms with Gasteiger partial charge in [-0.2, -0.15) is 0 Å². The van der Waals surface area contributed by atoms with Crippen LogP contribution in [-0.4, -0.2) is 35.0 Å². The summed E-state index contributed by atoms with van der Waals surface area (Å²) >= 11 is 0. The summed E-state index contributed by atoms with van der Waals surface area (Å²) in [5, 5.41) is 8.94. The number of carboxylic acid groups (broad SMARTS) is 1. The SMILES string of the molecule is CC(CC(=O)N1CCC(C(=O)O)C1)Cc1cccc(F)c1. The van der Waals surface area contributed by atoms with Crippen molar-refractivity contribution in [3.8, 4) is 0 Å². The van der Waals surface area contributed by atoms with Crippen molar-refractivity contribution in [1.29, 1.82) is 0 Å². The van der Waals surface area contributed by atoms with Crippen molar-refractivity contribution in [2.45, 2.75) is 26.2 Å². The zero-order valence-electron chi connectivity index (χ0n) is 12.1. The van der Waals surface area contributed by atoms with Crippen LogP contribution in [0.4, 0.5) is 4.39 Å². The number of benzene rings is 1. The Labute approximate surface area is 123 Å². The highest BCUT2D eigenvalue weighted by Gasteiger charge is 2.31. The summed E-state index contributed by atoms with van der Waals surface area (Å²) < 4.78 is 13.1. The van der Waals surface area contributed by atoms with Crippen molar-refractivity contribution in [3.63, 3.8) is 0 Å². The first-order chi connectivity index (χ1) is 9.95. The number of carboxylic acids is 1. The Bertz CT molecular complexity index is 532. The average Bonchev–Trinajstić information content (AvgIpc) is 2.88. The molecule has 2 unspecified atom stereocenters. The summed E-state index contributed by atoms with van der Waals surface area (Å²) in [6.45, 7) is 2.77. The lowest BCUT2D eigenvalue weighted by molar-refractivity contribution is -0.141. The molecule has 0 aliphatic carbocycles. The van der Waals surface area contributed by atoms with Crippen LogP contribution in [-0.2, 0) is 16.0 Å². The van der Waals surface area contributed by atoms with Gasteiger partial charge in [0.1, 0.15) is 5.82 Å². The van der Waals surface area contributed by atoms with Gasteiger partial charge < -0.3 is 10.0 Å². The highest BCUT2D eigenvalue weighted by molar-refractivity contribution is 5.78. The number of carbonyl (C=O) groups is 2. The van der Waals surface area contributed by atoms with E-state index < -0.39 is 11.9 Å². The van der Waals surface area contributed by atoms with E-state index in [1.165, 1.54) is 12.1 Å². The van der Waals surface area contributed by atoms with Gasteiger partial charge in [-0.15, -0.1) is 0 Å². The van der Waals surface area contributed by atoms with Crippen molar-refractivity contribution < 1.29 is 19.1 Å². The van der Waals surface area contributed by atoms with Gasteiger partial charge in [0.05, 0.1) is 5.92 Å². The van der Waals surface area contributed by atoms with Gasteiger partial charge in [0, 0.05) is 19.5 Å². The molecule has 0 aromatic heterocycles. The second-order valence-corrected chi connectivity index (χ2v) is 5.81. The third kappa shape index (κ3) is 4.28. The molecule has 0 saturated carbocycles. The fourth-order valence-corrected chi connectivity index (χ4v) is 2.75. The molecule has 1 aromatic rings. The Morgan fingerprint density at radius 2 is 2.24 bits per heavy atom. The minimum absolute atomic E-state index is 0.0114. The molecule has 1 saturated heterocycles. The Kier molecular flexibility index (Phi) is 4.94. The molecule has 2 rings (SSSR count). The molecule has 1 aliphatic rings. The van der Waals surface area contributed by atoms with E-state index in [1.54, 1.807) is 11.0 Å². The van der Waals surface area contributed by atoms with E-state index in [4.69, 9.17) is 5.11 Å². The van der Waals surface area contributed by atoms with Gasteiger partial charge >= 0.3 is 5.97 Å². The fourth-order valence-electron chi connectivity index (χ4n) is 2.75. The maximum Gasteiger partial charge on any atom is 0.308 e. The minimum atomic E-state index is -0.835. The van der Waals surface area contributed by atoms with Crippen LogP contribution in [0.15, 0.2) is 24.3 Å². The summed E-state index contributed by atoms with van der Waals surface area (Å²) in [5.41, 5.74) is 0.875. The Morgan fingerprint density at radius 1 is 1.48 bits per heavy atom. The number of aliphatic carboxylic acids is 1. The fraction of sp³-hybridized carbons (Fsp3) is 0.500. The number of likely N-dealkylation sites (tertiary alicyclic amines) is 1. The molecular formula is C16H20FNO3. The van der Waals surface area contributed by atoms with Crippen LogP contribution in [0.2, 0.25) is 0 Å². The lowest BCUT2D eigenvalue weighted by Crippen LogP contribution is -2.31. The highest BCUT2D eigenvalue weighted by atomic mass is 19.1. The van der Waals surface area contributed by atoms with Gasteiger partial charge in [0.15, 0.2) is 0 Å². The van der Waals surface area contributed by atoms with Gasteiger partial charge in [-0.05, 0) is 36.5 Å². The summed E-state index contributed by atoms with van der Waals surface area (Å²) in [7, 11) is 0. The molecule has 1 amide bonds. The Hall–Kier alpha value is -1.91. The average molecular weight is 293 g/mol. The number of amides is 1. The van der Waals surface area contributed by atoms with Gasteiger partial charge in [-0.25, -0.2) is 4.39 Å². The van der Waals surface area contributed by atoms with Crippen molar-refractivity contribution >= 4 is 11.9 Å². The molecule has 4 nitrogen and oxygen atoms in total. The second kappa shape index (κ2) is 6.70. The molecule has 1 heterocycles. The maximum atomic E-state index is 13.1. The predicted octanol–water partition coefficient (Wildman–Crippen LogP) is 2.33. The first-order valence-electron chi connectivity index (χ1n) is 7.20. The van der Waals surface area contributed by atoms with Crippen LogP contribution in [0.1, 0.15) is 25.3 Å². The molecule has 21 heavy (non-hydrogen) atoms. The topological polar surface area (TPSA) is 57.6 Å². The van der Waals surface area contributed by atoms with E-state index in [-0.39, 0.29) is 17.6 Å². The van der Waals surface area contributed by atoms with Crippen LogP contribution in [0.5, 0.6) is 0 Å². The van der Waals surface area contributed by atoms with Crippen LogP contribution >= 0.6 is 0 Å². The molecule has 1 aliphatic heterocycles. The number of nitrogens with zero attached hydrogens (tertiary/aromatic N) is 1. The van der Waals surface area contributed by atoms with Crippen molar-refractivity contribution in [2.75, 3.05) is 13.1 Å². The zero-order valence-corrected chi connectivity index (χ0v) is 12.1. The normalized spacial score (nSPS) is 19.5. The van der Waals surface area contributed by atoms with Crippen molar-refractivity contribution in [2.24, 2.45) is 11.8 Å². The number of hydrogen-bond acceptors (Lipinski definition) is 2. The summed E-state index contributed by atoms with van der Waals surface area (Å²) in [5.74, 6) is -1.45. The van der Waals surface area contributed by atoms with E-state index in [9.17, 15) is 14.0 Å². The molecule has 1 fully saturated rings. The van der Waals surface area contributed by atoms with Gasteiger partial charge in [-0.1, -0.05) is 19.1 Å². The smallest absolute Gasteiger partial charge is 0.308 e. The predicted molar refractivity (Wildman–Crippen MR) is 76.2 cm³/mol. The molecule has 2 atom stereocenters. The van der Waals surface area contributed by atoms with Crippen molar-refractivity contribution in [1.82, 2.24) is 4.90 Å². The quantitative estimate of drug-likeness (QED) is 0.906. The Morgan fingerprint density at radius 3 is 2.86 bits per heavy atom. The van der Waals surface area contributed by atoms with E-state index in [1.807, 2.05) is 13.0 Å². The summed E-state index contributed by atoms with van der Waals surface area (Å²) in [4.78, 5) is 24.7. The molecule has 0 bridgehead atoms. The van der Waals surface area contributed by atoms with E-state index >= 15 is 0 Å². The van der Waals surface area contributed by atoms with Gasteiger partial charge in [-0.3, -0.25) is 9.59 Å². The van der Waals surface area contributed by atoms with Crippen molar-refractivity contribution in [3.05, 3.63) is 35.6 Å². The molecule has 1 N–H and O–H groups in total. The van der Waals surface area contributed by atoms with E-state index in [0.29, 0.717) is 32.4 Å². The summed E-state index contributed by atoms with van der Waals surface area (Å²) in [6, 6.07) is 6.39. The van der Waals surface area contributed by atoms with E-state index in [2.05, 4.69) is 0 Å². The van der Waals surface area contributed by atoms with Crippen LogP contribution in [0.25, 0.3) is 0 Å². The van der Waals surface area contributed by atoms with Crippen LogP contribution in [0, 0.1) is 17.7 Å². The Balaban J connectivity index is 1.84. The molecule has 1 aromatic carbocycles. The molecule has 114 valence electrons. The number of halogens is 1. The zero-order chi connectivity index (χ0) is 15.4. The van der Waals surface area contributed by atoms with E-state index in [0.717, 1.165) is 5.56 Å². The monoisotopic (exact) mass is 293 g/mol.